The molecule has 8 heteroatoms. The predicted molar refractivity (Wildman–Crippen MR) is 75.8 cm³/mol. The first kappa shape index (κ1) is 14.7. The van der Waals surface area contributed by atoms with Crippen LogP contribution in [0, 0.1) is 10.1 Å². The maximum atomic E-state index is 11.5. The van der Waals surface area contributed by atoms with Gasteiger partial charge in [0.1, 0.15) is 10.9 Å². The van der Waals surface area contributed by atoms with Crippen molar-refractivity contribution in [2.24, 2.45) is 0 Å². The molecule has 7 nitrogen and oxygen atoms in total. The van der Waals surface area contributed by atoms with Gasteiger partial charge in [-0.3, -0.25) is 14.9 Å². The molecule has 1 aromatic heterocycles. The van der Waals surface area contributed by atoms with Crippen molar-refractivity contribution in [2.45, 2.75) is 0 Å². The fraction of sp³-hybridized carbons (Fsp3) is 0.0769. The summed E-state index contributed by atoms with van der Waals surface area (Å²) in [5.41, 5.74) is -0.142. The Bertz CT molecular complexity index is 688. The minimum absolute atomic E-state index is 0.0109. The topological polar surface area (TPSA) is 94.4 Å². The molecule has 0 spiro atoms. The third kappa shape index (κ3) is 3.46. The van der Waals surface area contributed by atoms with E-state index in [1.165, 1.54) is 37.5 Å². The summed E-state index contributed by atoms with van der Waals surface area (Å²) < 4.78 is 5.40. The van der Waals surface area contributed by atoms with Crippen LogP contribution in [0.2, 0.25) is 5.15 Å². The molecule has 0 atom stereocenters. The number of nitro benzene ring substituents is 1. The van der Waals surface area contributed by atoms with Crippen LogP contribution < -0.4 is 10.1 Å². The van der Waals surface area contributed by atoms with Gasteiger partial charge in [0.2, 0.25) is 5.75 Å². The SMILES string of the molecule is CNC(=O)c1ccc(Oc2ccc(Cl)nc2)c([N+](=O)[O-])c1. The van der Waals surface area contributed by atoms with Crippen molar-refractivity contribution in [3.05, 3.63) is 57.4 Å². The van der Waals surface area contributed by atoms with Crippen molar-refractivity contribution >= 4 is 23.2 Å². The number of ether oxygens (including phenoxy) is 1. The molecule has 0 fully saturated rings. The second-order valence-electron chi connectivity index (χ2n) is 3.94. The average Bonchev–Trinajstić information content (AvgIpc) is 2.49. The number of carbonyl (C=O) groups is 1. The molecule has 1 amide bonds. The van der Waals surface area contributed by atoms with E-state index in [-0.39, 0.29) is 22.2 Å². The van der Waals surface area contributed by atoms with Gasteiger partial charge < -0.3 is 10.1 Å². The Labute approximate surface area is 124 Å². The van der Waals surface area contributed by atoms with Crippen LogP contribution >= 0.6 is 11.6 Å². The Morgan fingerprint density at radius 2 is 2.14 bits per heavy atom. The lowest BCUT2D eigenvalue weighted by molar-refractivity contribution is -0.385. The van der Waals surface area contributed by atoms with Gasteiger partial charge in [-0.15, -0.1) is 0 Å². The molecule has 2 aromatic rings. The van der Waals surface area contributed by atoms with E-state index >= 15 is 0 Å². The molecule has 1 heterocycles. The van der Waals surface area contributed by atoms with Gasteiger partial charge in [0.15, 0.2) is 0 Å². The lowest BCUT2D eigenvalue weighted by atomic mass is 10.1. The van der Waals surface area contributed by atoms with E-state index in [2.05, 4.69) is 10.3 Å². The number of nitrogens with zero attached hydrogens (tertiary/aromatic N) is 2. The fourth-order valence-corrected chi connectivity index (χ4v) is 1.69. The van der Waals surface area contributed by atoms with Gasteiger partial charge in [-0.25, -0.2) is 4.98 Å². The fourth-order valence-electron chi connectivity index (χ4n) is 1.58. The third-order valence-electron chi connectivity index (χ3n) is 2.57. The third-order valence-corrected chi connectivity index (χ3v) is 2.80. The van der Waals surface area contributed by atoms with E-state index in [0.717, 1.165) is 6.07 Å². The number of nitro groups is 1. The summed E-state index contributed by atoms with van der Waals surface area (Å²) in [6.45, 7) is 0. The van der Waals surface area contributed by atoms with Crippen molar-refractivity contribution in [1.82, 2.24) is 10.3 Å². The number of nitrogens with one attached hydrogen (secondary N) is 1. The molecule has 1 N–H and O–H groups in total. The highest BCUT2D eigenvalue weighted by atomic mass is 35.5. The number of rotatable bonds is 4. The Kier molecular flexibility index (Phi) is 4.34. The minimum atomic E-state index is -0.620. The molecule has 1 aromatic carbocycles. The molecular weight excluding hydrogens is 298 g/mol. The van der Waals surface area contributed by atoms with Crippen molar-refractivity contribution in [3.63, 3.8) is 0 Å². The van der Waals surface area contributed by atoms with E-state index in [1.807, 2.05) is 0 Å². The number of benzene rings is 1. The van der Waals surface area contributed by atoms with Gasteiger partial charge in [-0.1, -0.05) is 11.6 Å². The molecule has 0 bridgehead atoms. The van der Waals surface area contributed by atoms with E-state index in [9.17, 15) is 14.9 Å². The molecule has 0 unspecified atom stereocenters. The monoisotopic (exact) mass is 307 g/mol. The summed E-state index contributed by atoms with van der Waals surface area (Å²) in [4.78, 5) is 25.8. The van der Waals surface area contributed by atoms with E-state index in [1.54, 1.807) is 0 Å². The summed E-state index contributed by atoms with van der Waals surface area (Å²) >= 11 is 5.65. The van der Waals surface area contributed by atoms with E-state index < -0.39 is 10.8 Å². The summed E-state index contributed by atoms with van der Waals surface area (Å²) in [5, 5.41) is 13.8. The highest BCUT2D eigenvalue weighted by molar-refractivity contribution is 6.29. The van der Waals surface area contributed by atoms with Crippen molar-refractivity contribution in [2.75, 3.05) is 7.05 Å². The maximum Gasteiger partial charge on any atom is 0.312 e. The molecule has 0 saturated heterocycles. The molecule has 0 aliphatic rings. The molecule has 0 radical (unpaired) electrons. The smallest absolute Gasteiger partial charge is 0.312 e. The summed E-state index contributed by atoms with van der Waals surface area (Å²) in [5.74, 6) is -0.107. The molecular formula is C13H10ClN3O4. The van der Waals surface area contributed by atoms with Crippen molar-refractivity contribution in [1.29, 1.82) is 0 Å². The highest BCUT2D eigenvalue weighted by Gasteiger charge is 2.19. The van der Waals surface area contributed by atoms with Gasteiger partial charge >= 0.3 is 5.69 Å². The summed E-state index contributed by atoms with van der Waals surface area (Å²) in [6, 6.07) is 6.98. The first-order valence-corrected chi connectivity index (χ1v) is 6.19. The van der Waals surface area contributed by atoms with Crippen LogP contribution in [-0.2, 0) is 0 Å². The normalized spacial score (nSPS) is 10.0. The number of amides is 1. The molecule has 21 heavy (non-hydrogen) atoms. The van der Waals surface area contributed by atoms with E-state index in [0.29, 0.717) is 5.75 Å². The Balaban J connectivity index is 2.36. The zero-order valence-electron chi connectivity index (χ0n) is 10.9. The Morgan fingerprint density at radius 3 is 2.71 bits per heavy atom. The number of aromatic nitrogens is 1. The van der Waals surface area contributed by atoms with Gasteiger partial charge in [-0.2, -0.15) is 0 Å². The van der Waals surface area contributed by atoms with Crippen LogP contribution in [0.1, 0.15) is 10.4 Å². The molecule has 108 valence electrons. The van der Waals surface area contributed by atoms with Crippen LogP contribution in [0.3, 0.4) is 0 Å². The Morgan fingerprint density at radius 1 is 1.38 bits per heavy atom. The van der Waals surface area contributed by atoms with Crippen LogP contribution in [0.15, 0.2) is 36.5 Å². The summed E-state index contributed by atoms with van der Waals surface area (Å²) in [6.07, 6.45) is 1.35. The number of pyridine rings is 1. The van der Waals surface area contributed by atoms with Gasteiger partial charge in [0.25, 0.3) is 5.91 Å². The van der Waals surface area contributed by atoms with Crippen LogP contribution in [-0.4, -0.2) is 22.9 Å². The summed E-state index contributed by atoms with van der Waals surface area (Å²) in [7, 11) is 1.44. The van der Waals surface area contributed by atoms with Crippen LogP contribution in [0.25, 0.3) is 0 Å². The molecule has 0 aliphatic heterocycles. The number of halogens is 1. The van der Waals surface area contributed by atoms with Gasteiger partial charge in [0.05, 0.1) is 11.1 Å². The highest BCUT2D eigenvalue weighted by Crippen LogP contribution is 2.32. The van der Waals surface area contributed by atoms with Crippen molar-refractivity contribution < 1.29 is 14.5 Å². The largest absolute Gasteiger partial charge is 0.449 e. The maximum absolute atomic E-state index is 11.5. The standard InChI is InChI=1S/C13H10ClN3O4/c1-15-13(18)8-2-4-11(10(6-8)17(19)20)21-9-3-5-12(14)16-7-9/h2-7H,1H3,(H,15,18). The van der Waals surface area contributed by atoms with Gasteiger partial charge in [-0.05, 0) is 24.3 Å². The Hall–Kier alpha value is -2.67. The molecule has 2 rings (SSSR count). The number of hydrogen-bond donors (Lipinski definition) is 1. The average molecular weight is 308 g/mol. The molecule has 0 aliphatic carbocycles. The second kappa shape index (κ2) is 6.19. The quantitative estimate of drug-likeness (QED) is 0.532. The first-order valence-electron chi connectivity index (χ1n) is 5.81. The molecule has 0 saturated carbocycles. The number of hydrogen-bond acceptors (Lipinski definition) is 5. The lowest BCUT2D eigenvalue weighted by Gasteiger charge is -2.07. The second-order valence-corrected chi connectivity index (χ2v) is 4.32. The minimum Gasteiger partial charge on any atom is -0.449 e. The zero-order chi connectivity index (χ0) is 15.4. The van der Waals surface area contributed by atoms with Gasteiger partial charge in [0, 0.05) is 18.7 Å². The lowest BCUT2D eigenvalue weighted by Crippen LogP contribution is -2.17. The number of carbonyl (C=O) groups excluding carboxylic acids is 1. The van der Waals surface area contributed by atoms with E-state index in [4.69, 9.17) is 16.3 Å². The first-order chi connectivity index (χ1) is 10.0. The van der Waals surface area contributed by atoms with Crippen molar-refractivity contribution in [3.8, 4) is 11.5 Å². The predicted octanol–water partition coefficient (Wildman–Crippen LogP) is 2.80. The van der Waals surface area contributed by atoms with Crippen LogP contribution in [0.4, 0.5) is 5.69 Å². The zero-order valence-corrected chi connectivity index (χ0v) is 11.6. The van der Waals surface area contributed by atoms with Crippen LogP contribution in [0.5, 0.6) is 11.5 Å².